The SMILES string of the molecule is Nc1cc(Cl)cc(Cl)c1N1CC(S)CC1=O. The number of halogens is 2. The third-order valence-electron chi connectivity index (χ3n) is 2.43. The molecule has 1 atom stereocenters. The number of carbonyl (C=O) groups is 1. The van der Waals surface area contributed by atoms with Crippen LogP contribution >= 0.6 is 35.8 Å². The lowest BCUT2D eigenvalue weighted by atomic mass is 10.2. The van der Waals surface area contributed by atoms with Gasteiger partial charge in [0.15, 0.2) is 0 Å². The number of anilines is 2. The predicted molar refractivity (Wildman–Crippen MR) is 70.6 cm³/mol. The Labute approximate surface area is 109 Å². The van der Waals surface area contributed by atoms with E-state index in [4.69, 9.17) is 28.9 Å². The Morgan fingerprint density at radius 2 is 2.12 bits per heavy atom. The van der Waals surface area contributed by atoms with Crippen molar-refractivity contribution >= 4 is 53.1 Å². The zero-order chi connectivity index (χ0) is 11.9. The zero-order valence-corrected chi connectivity index (χ0v) is 10.7. The molecule has 1 aromatic carbocycles. The third kappa shape index (κ3) is 2.10. The van der Waals surface area contributed by atoms with Gasteiger partial charge >= 0.3 is 0 Å². The van der Waals surface area contributed by atoms with Gasteiger partial charge in [0, 0.05) is 23.2 Å². The van der Waals surface area contributed by atoms with Crippen molar-refractivity contribution in [2.45, 2.75) is 11.7 Å². The normalized spacial score (nSPS) is 20.6. The smallest absolute Gasteiger partial charge is 0.228 e. The first-order valence-corrected chi connectivity index (χ1v) is 5.99. The summed E-state index contributed by atoms with van der Waals surface area (Å²) in [7, 11) is 0. The van der Waals surface area contributed by atoms with Crippen molar-refractivity contribution in [3.63, 3.8) is 0 Å². The van der Waals surface area contributed by atoms with Gasteiger partial charge in [-0.3, -0.25) is 4.79 Å². The number of hydrogen-bond donors (Lipinski definition) is 2. The van der Waals surface area contributed by atoms with Gasteiger partial charge in [0.2, 0.25) is 5.91 Å². The van der Waals surface area contributed by atoms with Crippen LogP contribution in [-0.2, 0) is 4.79 Å². The lowest BCUT2D eigenvalue weighted by molar-refractivity contribution is -0.117. The second-order valence-corrected chi connectivity index (χ2v) is 5.26. The van der Waals surface area contributed by atoms with E-state index < -0.39 is 0 Å². The molecular weight excluding hydrogens is 267 g/mol. The molecule has 0 aliphatic carbocycles. The molecule has 3 nitrogen and oxygen atoms in total. The minimum absolute atomic E-state index is 0.0177. The van der Waals surface area contributed by atoms with Crippen molar-refractivity contribution < 1.29 is 4.79 Å². The number of carbonyl (C=O) groups excluding carboxylic acids is 1. The summed E-state index contributed by atoms with van der Waals surface area (Å²) in [6.07, 6.45) is 0.404. The van der Waals surface area contributed by atoms with E-state index in [-0.39, 0.29) is 11.2 Å². The molecule has 6 heteroatoms. The predicted octanol–water partition coefficient (Wildman–Crippen LogP) is 2.61. The van der Waals surface area contributed by atoms with Crippen LogP contribution in [0.3, 0.4) is 0 Å². The fourth-order valence-corrected chi connectivity index (χ4v) is 2.71. The Morgan fingerprint density at radius 3 is 2.62 bits per heavy atom. The number of hydrogen-bond acceptors (Lipinski definition) is 3. The number of thiol groups is 1. The summed E-state index contributed by atoms with van der Waals surface area (Å²) in [4.78, 5) is 13.3. The van der Waals surface area contributed by atoms with Crippen LogP contribution in [0.1, 0.15) is 6.42 Å². The number of nitrogen functional groups attached to an aromatic ring is 1. The Kier molecular flexibility index (Phi) is 3.24. The molecule has 1 amide bonds. The average molecular weight is 277 g/mol. The Bertz CT molecular complexity index is 429. The fraction of sp³-hybridized carbons (Fsp3) is 0.300. The summed E-state index contributed by atoms with van der Waals surface area (Å²) < 4.78 is 0. The van der Waals surface area contributed by atoms with Crippen LogP contribution in [0.5, 0.6) is 0 Å². The minimum atomic E-state index is -0.0177. The minimum Gasteiger partial charge on any atom is -0.397 e. The first kappa shape index (κ1) is 11.9. The lowest BCUT2D eigenvalue weighted by Crippen LogP contribution is -2.25. The topological polar surface area (TPSA) is 46.3 Å². The number of nitrogens with two attached hydrogens (primary N) is 1. The van der Waals surface area contributed by atoms with Crippen LogP contribution in [0, 0.1) is 0 Å². The van der Waals surface area contributed by atoms with Crippen molar-refractivity contribution in [1.29, 1.82) is 0 Å². The Hall–Kier alpha value is -0.580. The summed E-state index contributed by atoms with van der Waals surface area (Å²) in [6.45, 7) is 0.521. The molecule has 1 aliphatic heterocycles. The third-order valence-corrected chi connectivity index (χ3v) is 3.28. The number of amides is 1. The highest BCUT2D eigenvalue weighted by atomic mass is 35.5. The van der Waals surface area contributed by atoms with E-state index in [9.17, 15) is 4.79 Å². The molecule has 1 heterocycles. The van der Waals surface area contributed by atoms with Crippen molar-refractivity contribution in [3.8, 4) is 0 Å². The summed E-state index contributed by atoms with van der Waals surface area (Å²) in [5.74, 6) is -0.0177. The van der Waals surface area contributed by atoms with Crippen molar-refractivity contribution in [1.82, 2.24) is 0 Å². The second-order valence-electron chi connectivity index (χ2n) is 3.69. The molecule has 0 bridgehead atoms. The van der Waals surface area contributed by atoms with Gasteiger partial charge in [0.25, 0.3) is 0 Å². The monoisotopic (exact) mass is 276 g/mol. The number of benzene rings is 1. The van der Waals surface area contributed by atoms with Gasteiger partial charge in [-0.2, -0.15) is 12.6 Å². The quantitative estimate of drug-likeness (QED) is 0.612. The molecule has 16 heavy (non-hydrogen) atoms. The molecule has 1 saturated heterocycles. The highest BCUT2D eigenvalue weighted by molar-refractivity contribution is 7.81. The van der Waals surface area contributed by atoms with Gasteiger partial charge in [-0.1, -0.05) is 23.2 Å². The molecule has 86 valence electrons. The van der Waals surface area contributed by atoms with Crippen LogP contribution in [0.2, 0.25) is 10.0 Å². The molecule has 0 radical (unpaired) electrons. The molecule has 1 aromatic rings. The molecule has 1 unspecified atom stereocenters. The van der Waals surface area contributed by atoms with E-state index in [1.54, 1.807) is 17.0 Å². The Balaban J connectivity index is 2.44. The number of nitrogens with zero attached hydrogens (tertiary/aromatic N) is 1. The van der Waals surface area contributed by atoms with E-state index in [0.717, 1.165) is 0 Å². The molecule has 2 N–H and O–H groups in total. The van der Waals surface area contributed by atoms with Gasteiger partial charge in [0.05, 0.1) is 16.4 Å². The maximum atomic E-state index is 11.7. The lowest BCUT2D eigenvalue weighted by Gasteiger charge is -2.19. The summed E-state index contributed by atoms with van der Waals surface area (Å²) in [5.41, 5.74) is 6.77. The van der Waals surface area contributed by atoms with E-state index >= 15 is 0 Å². The van der Waals surface area contributed by atoms with E-state index in [1.807, 2.05) is 0 Å². The summed E-state index contributed by atoms with van der Waals surface area (Å²) in [6, 6.07) is 3.16. The highest BCUT2D eigenvalue weighted by Gasteiger charge is 2.30. The molecule has 0 aromatic heterocycles. The van der Waals surface area contributed by atoms with Crippen LogP contribution in [-0.4, -0.2) is 17.7 Å². The van der Waals surface area contributed by atoms with Crippen molar-refractivity contribution in [2.24, 2.45) is 0 Å². The molecular formula is C10H10Cl2N2OS. The van der Waals surface area contributed by atoms with Crippen molar-refractivity contribution in [2.75, 3.05) is 17.2 Å². The van der Waals surface area contributed by atoms with Gasteiger partial charge in [-0.05, 0) is 12.1 Å². The molecule has 1 aliphatic rings. The van der Waals surface area contributed by atoms with E-state index in [0.29, 0.717) is 34.4 Å². The van der Waals surface area contributed by atoms with Crippen LogP contribution < -0.4 is 10.6 Å². The molecule has 2 rings (SSSR count). The maximum Gasteiger partial charge on any atom is 0.228 e. The fourth-order valence-electron chi connectivity index (χ4n) is 1.78. The van der Waals surface area contributed by atoms with Crippen LogP contribution in [0.4, 0.5) is 11.4 Å². The Morgan fingerprint density at radius 1 is 1.44 bits per heavy atom. The standard InChI is InChI=1S/C10H10Cl2N2OS/c11-5-1-7(12)10(8(13)2-5)14-4-6(16)3-9(14)15/h1-2,6,16H,3-4,13H2. The first-order valence-electron chi connectivity index (χ1n) is 4.72. The van der Waals surface area contributed by atoms with E-state index in [2.05, 4.69) is 12.6 Å². The molecule has 0 saturated carbocycles. The largest absolute Gasteiger partial charge is 0.397 e. The van der Waals surface area contributed by atoms with Crippen molar-refractivity contribution in [3.05, 3.63) is 22.2 Å². The van der Waals surface area contributed by atoms with Gasteiger partial charge < -0.3 is 10.6 Å². The van der Waals surface area contributed by atoms with Crippen LogP contribution in [0.25, 0.3) is 0 Å². The van der Waals surface area contributed by atoms with Crippen LogP contribution in [0.15, 0.2) is 12.1 Å². The van der Waals surface area contributed by atoms with Gasteiger partial charge in [-0.25, -0.2) is 0 Å². The first-order chi connectivity index (χ1) is 7.49. The molecule has 0 spiro atoms. The highest BCUT2D eigenvalue weighted by Crippen LogP contribution is 2.37. The maximum absolute atomic E-state index is 11.7. The zero-order valence-electron chi connectivity index (χ0n) is 8.28. The summed E-state index contributed by atoms with van der Waals surface area (Å²) >= 11 is 16.1. The molecule has 1 fully saturated rings. The average Bonchev–Trinajstić information content (AvgIpc) is 2.43. The van der Waals surface area contributed by atoms with E-state index in [1.165, 1.54) is 0 Å². The van der Waals surface area contributed by atoms with Gasteiger partial charge in [-0.15, -0.1) is 0 Å². The van der Waals surface area contributed by atoms with Gasteiger partial charge in [0.1, 0.15) is 0 Å². The summed E-state index contributed by atoms with van der Waals surface area (Å²) in [5, 5.41) is 0.875. The number of rotatable bonds is 1. The second kappa shape index (κ2) is 4.35.